The van der Waals surface area contributed by atoms with Crippen LogP contribution in [0.5, 0.6) is 0 Å². The van der Waals surface area contributed by atoms with Crippen molar-refractivity contribution in [1.29, 1.82) is 0 Å². The molecule has 1 heterocycles. The van der Waals surface area contributed by atoms with E-state index in [4.69, 9.17) is 9.29 Å². The molecule has 1 fully saturated rings. The first kappa shape index (κ1) is 19.4. The van der Waals surface area contributed by atoms with Crippen LogP contribution in [0.15, 0.2) is 29.2 Å². The maximum atomic E-state index is 11.0. The van der Waals surface area contributed by atoms with Crippen molar-refractivity contribution in [2.75, 3.05) is 6.61 Å². The molecular formula is C14H23NaO4SSi. The second-order valence-electron chi connectivity index (χ2n) is 5.73. The summed E-state index contributed by atoms with van der Waals surface area (Å²) in [6.45, 7) is 0.895. The Morgan fingerprint density at radius 1 is 1.24 bits per heavy atom. The fraction of sp³-hybridized carbons (Fsp3) is 0.571. The third-order valence-corrected chi connectivity index (χ3v) is 6.10. The van der Waals surface area contributed by atoms with E-state index < -0.39 is 10.1 Å². The van der Waals surface area contributed by atoms with Gasteiger partial charge in [0.25, 0.3) is 10.1 Å². The van der Waals surface area contributed by atoms with E-state index in [1.54, 1.807) is 12.1 Å². The van der Waals surface area contributed by atoms with Gasteiger partial charge in [-0.1, -0.05) is 12.1 Å². The van der Waals surface area contributed by atoms with Crippen LogP contribution in [0.3, 0.4) is 0 Å². The second kappa shape index (κ2) is 8.24. The number of ether oxygens (including phenoxy) is 1. The Kier molecular flexibility index (Phi) is 7.60. The fourth-order valence-electron chi connectivity index (χ4n) is 2.68. The molecule has 114 valence electrons. The van der Waals surface area contributed by atoms with Gasteiger partial charge in [0.2, 0.25) is 0 Å². The normalized spacial score (nSPS) is 22.7. The van der Waals surface area contributed by atoms with E-state index >= 15 is 0 Å². The molecule has 1 atom stereocenters. The SMILES string of the molecule is O=S(=O)(O)c1ccc(CCCC2([SiH3])CCCCO2)cc1.[NaH]. The Hall–Kier alpha value is 0.307. The van der Waals surface area contributed by atoms with Crippen molar-refractivity contribution in [1.82, 2.24) is 0 Å². The van der Waals surface area contributed by atoms with Gasteiger partial charge in [-0.25, -0.2) is 0 Å². The van der Waals surface area contributed by atoms with Crippen LogP contribution in [0, 0.1) is 0 Å². The molecule has 0 bridgehead atoms. The summed E-state index contributed by atoms with van der Waals surface area (Å²) < 4.78 is 36.7. The molecule has 0 aliphatic carbocycles. The third-order valence-electron chi connectivity index (χ3n) is 3.94. The van der Waals surface area contributed by atoms with Crippen LogP contribution in [0.25, 0.3) is 0 Å². The molecule has 1 unspecified atom stereocenters. The number of benzene rings is 1. The molecule has 21 heavy (non-hydrogen) atoms. The van der Waals surface area contributed by atoms with Crippen molar-refractivity contribution < 1.29 is 17.7 Å². The van der Waals surface area contributed by atoms with Crippen LogP contribution >= 0.6 is 0 Å². The Morgan fingerprint density at radius 3 is 2.43 bits per heavy atom. The molecule has 0 amide bonds. The average molecular weight is 338 g/mol. The van der Waals surface area contributed by atoms with E-state index in [2.05, 4.69) is 0 Å². The first-order chi connectivity index (χ1) is 9.39. The molecule has 1 aromatic rings. The molecule has 1 saturated heterocycles. The van der Waals surface area contributed by atoms with Gasteiger partial charge in [-0.2, -0.15) is 8.42 Å². The fourth-order valence-corrected chi connectivity index (χ4v) is 4.07. The van der Waals surface area contributed by atoms with E-state index in [9.17, 15) is 8.42 Å². The van der Waals surface area contributed by atoms with E-state index in [1.807, 2.05) is 0 Å². The first-order valence-electron chi connectivity index (χ1n) is 7.09. The molecule has 0 spiro atoms. The summed E-state index contributed by atoms with van der Waals surface area (Å²) in [6, 6.07) is 6.45. The van der Waals surface area contributed by atoms with Crippen LogP contribution in [0.1, 0.15) is 37.7 Å². The maximum absolute atomic E-state index is 11.0. The van der Waals surface area contributed by atoms with Gasteiger partial charge in [0.05, 0.1) is 4.90 Å². The molecule has 7 heteroatoms. The summed E-state index contributed by atoms with van der Waals surface area (Å²) in [5, 5.41) is 0.145. The van der Waals surface area contributed by atoms with Crippen molar-refractivity contribution in [3.05, 3.63) is 29.8 Å². The molecule has 2 rings (SSSR count). The van der Waals surface area contributed by atoms with Crippen molar-refractivity contribution in [3.63, 3.8) is 0 Å². The Morgan fingerprint density at radius 2 is 1.90 bits per heavy atom. The van der Waals surface area contributed by atoms with Crippen molar-refractivity contribution in [3.8, 4) is 0 Å². The zero-order chi connectivity index (χ0) is 14.6. The number of rotatable bonds is 5. The summed E-state index contributed by atoms with van der Waals surface area (Å²) in [7, 11) is -3.02. The zero-order valence-corrected chi connectivity index (χ0v) is 14.7. The van der Waals surface area contributed by atoms with Gasteiger partial charge < -0.3 is 4.74 Å². The van der Waals surface area contributed by atoms with Crippen LogP contribution < -0.4 is 0 Å². The topological polar surface area (TPSA) is 63.6 Å². The molecule has 4 nitrogen and oxygen atoms in total. The van der Waals surface area contributed by atoms with Gasteiger partial charge in [0.1, 0.15) is 0 Å². The summed E-state index contributed by atoms with van der Waals surface area (Å²) in [6.07, 6.45) is 6.68. The molecule has 1 N–H and O–H groups in total. The van der Waals surface area contributed by atoms with Gasteiger partial charge in [0.15, 0.2) is 0 Å². The molecular weight excluding hydrogens is 315 g/mol. The van der Waals surface area contributed by atoms with Crippen molar-refractivity contribution >= 4 is 49.9 Å². The van der Waals surface area contributed by atoms with E-state index in [0.29, 0.717) is 0 Å². The van der Waals surface area contributed by atoms with E-state index in [1.165, 1.54) is 31.4 Å². The van der Waals surface area contributed by atoms with Crippen molar-refractivity contribution in [2.45, 2.75) is 48.6 Å². The van der Waals surface area contributed by atoms with Gasteiger partial charge in [-0.3, -0.25) is 4.55 Å². The van der Waals surface area contributed by atoms with Gasteiger partial charge >= 0.3 is 29.6 Å². The van der Waals surface area contributed by atoms with Crippen LogP contribution in [-0.2, 0) is 21.3 Å². The van der Waals surface area contributed by atoms with Crippen molar-refractivity contribution in [2.24, 2.45) is 0 Å². The molecule has 1 aliphatic rings. The predicted octanol–water partition coefficient (Wildman–Crippen LogP) is 0.870. The van der Waals surface area contributed by atoms with E-state index in [0.717, 1.165) is 41.7 Å². The quantitative estimate of drug-likeness (QED) is 0.639. The minimum absolute atomic E-state index is 0. The predicted molar refractivity (Wildman–Crippen MR) is 88.8 cm³/mol. The molecule has 0 saturated carbocycles. The summed E-state index contributed by atoms with van der Waals surface area (Å²) in [5.74, 6) is 0. The molecule has 1 aliphatic heterocycles. The second-order valence-corrected chi connectivity index (χ2v) is 8.97. The number of aryl methyl sites for hydroxylation is 1. The monoisotopic (exact) mass is 338 g/mol. The standard InChI is InChI=1S/C14H22O4SSi.Na.H/c15-19(16,17)13-7-5-12(6-8-13)4-3-10-14(20)9-1-2-11-18-14;;/h5-8H,1-4,9-11H2,20H3,(H,15,16,17);;. The molecule has 0 radical (unpaired) electrons. The summed E-state index contributed by atoms with van der Waals surface area (Å²) >= 11 is 0. The summed E-state index contributed by atoms with van der Waals surface area (Å²) in [4.78, 5) is -0.0452. The third kappa shape index (κ3) is 6.13. The molecule has 1 aromatic carbocycles. The van der Waals surface area contributed by atoms with Crippen LogP contribution in [0.4, 0.5) is 0 Å². The Labute approximate surface area is 152 Å². The summed E-state index contributed by atoms with van der Waals surface area (Å²) in [5.41, 5.74) is 1.10. The first-order valence-corrected chi connectivity index (χ1v) is 9.53. The average Bonchev–Trinajstić information content (AvgIpc) is 2.39. The minimum atomic E-state index is -4.08. The molecule has 0 aromatic heterocycles. The van der Waals surface area contributed by atoms with Gasteiger partial charge in [0, 0.05) is 22.1 Å². The van der Waals surface area contributed by atoms with Gasteiger partial charge in [-0.05, 0) is 56.2 Å². The van der Waals surface area contributed by atoms with Gasteiger partial charge in [-0.15, -0.1) is 0 Å². The number of hydrogen-bond acceptors (Lipinski definition) is 3. The Balaban J connectivity index is 0.00000220. The number of hydrogen-bond donors (Lipinski definition) is 1. The zero-order valence-electron chi connectivity index (χ0n) is 11.8. The van der Waals surface area contributed by atoms with E-state index in [-0.39, 0.29) is 39.7 Å². The van der Waals surface area contributed by atoms with Crippen LogP contribution in [-0.4, -0.2) is 64.6 Å². The Bertz CT molecular complexity index is 539. The van der Waals surface area contributed by atoms with Crippen LogP contribution in [0.2, 0.25) is 0 Å².